The predicted octanol–water partition coefficient (Wildman–Crippen LogP) is 2.63. The summed E-state index contributed by atoms with van der Waals surface area (Å²) in [5, 5.41) is 0.0476. The van der Waals surface area contributed by atoms with Crippen LogP contribution in [0.25, 0.3) is 11.3 Å². The zero-order chi connectivity index (χ0) is 17.3. The lowest BCUT2D eigenvalue weighted by molar-refractivity contribution is -0.137. The highest BCUT2D eigenvalue weighted by Gasteiger charge is 2.35. The van der Waals surface area contributed by atoms with Crippen molar-refractivity contribution in [2.24, 2.45) is 0 Å². The Bertz CT molecular complexity index is 750. The number of hydrogen-bond donors (Lipinski definition) is 1. The lowest BCUT2D eigenvalue weighted by Gasteiger charge is -2.27. The van der Waals surface area contributed by atoms with Crippen molar-refractivity contribution in [2.45, 2.75) is 6.18 Å². The minimum atomic E-state index is -4.59. The van der Waals surface area contributed by atoms with Crippen LogP contribution in [-0.2, 0) is 10.9 Å². The monoisotopic (exact) mass is 359 g/mol. The smallest absolute Gasteiger partial charge is 0.384 e. The SMILES string of the molecule is Nc1cc(C(F)(F)F)c(-c2cc(Cl)nc(N3CCOCC3)n2)cn1. The molecule has 128 valence electrons. The third-order valence-electron chi connectivity index (χ3n) is 3.48. The van der Waals surface area contributed by atoms with Gasteiger partial charge in [0.05, 0.1) is 24.5 Å². The van der Waals surface area contributed by atoms with E-state index in [4.69, 9.17) is 22.1 Å². The highest BCUT2D eigenvalue weighted by atomic mass is 35.5. The number of ether oxygens (including phenoxy) is 1. The van der Waals surface area contributed by atoms with E-state index >= 15 is 0 Å². The molecule has 1 aliphatic heterocycles. The van der Waals surface area contributed by atoms with Crippen LogP contribution >= 0.6 is 11.6 Å². The Labute approximate surface area is 140 Å². The molecule has 3 heterocycles. The molecule has 0 radical (unpaired) electrons. The fourth-order valence-corrected chi connectivity index (χ4v) is 2.54. The normalized spacial score (nSPS) is 15.6. The van der Waals surface area contributed by atoms with Gasteiger partial charge in [-0.15, -0.1) is 0 Å². The van der Waals surface area contributed by atoms with Crippen LogP contribution in [0.5, 0.6) is 0 Å². The molecule has 10 heteroatoms. The first-order valence-corrected chi connectivity index (χ1v) is 7.43. The van der Waals surface area contributed by atoms with E-state index in [0.717, 1.165) is 12.3 Å². The summed E-state index contributed by atoms with van der Waals surface area (Å²) in [7, 11) is 0. The van der Waals surface area contributed by atoms with E-state index in [-0.39, 0.29) is 28.2 Å². The lowest BCUT2D eigenvalue weighted by atomic mass is 10.1. The zero-order valence-corrected chi connectivity index (χ0v) is 13.1. The molecule has 0 atom stereocenters. The fraction of sp³-hybridized carbons (Fsp3) is 0.357. The second kappa shape index (κ2) is 6.40. The number of anilines is 2. The first kappa shape index (κ1) is 16.7. The molecule has 24 heavy (non-hydrogen) atoms. The average molecular weight is 360 g/mol. The second-order valence-electron chi connectivity index (χ2n) is 5.13. The molecule has 2 aromatic rings. The van der Waals surface area contributed by atoms with Crippen LogP contribution in [0.2, 0.25) is 5.15 Å². The molecule has 0 aliphatic carbocycles. The molecule has 0 saturated carbocycles. The van der Waals surface area contributed by atoms with Crippen molar-refractivity contribution in [3.8, 4) is 11.3 Å². The predicted molar refractivity (Wildman–Crippen MR) is 82.7 cm³/mol. The van der Waals surface area contributed by atoms with Crippen molar-refractivity contribution in [3.05, 3.63) is 29.0 Å². The van der Waals surface area contributed by atoms with Gasteiger partial charge in [0.15, 0.2) is 0 Å². The van der Waals surface area contributed by atoms with Crippen molar-refractivity contribution in [3.63, 3.8) is 0 Å². The van der Waals surface area contributed by atoms with Crippen LogP contribution in [-0.4, -0.2) is 41.3 Å². The van der Waals surface area contributed by atoms with Gasteiger partial charge in [0.2, 0.25) is 5.95 Å². The van der Waals surface area contributed by atoms with Crippen LogP contribution in [0, 0.1) is 0 Å². The van der Waals surface area contributed by atoms with Gasteiger partial charge in [-0.3, -0.25) is 0 Å². The number of pyridine rings is 1. The molecular weight excluding hydrogens is 347 g/mol. The number of nitrogens with two attached hydrogens (primary N) is 1. The highest BCUT2D eigenvalue weighted by Crippen LogP contribution is 2.37. The summed E-state index contributed by atoms with van der Waals surface area (Å²) in [6.07, 6.45) is -3.55. The lowest BCUT2D eigenvalue weighted by Crippen LogP contribution is -2.37. The van der Waals surface area contributed by atoms with Gasteiger partial charge in [0, 0.05) is 30.9 Å². The molecule has 1 fully saturated rings. The molecule has 1 saturated heterocycles. The number of nitrogen functional groups attached to an aromatic ring is 1. The van der Waals surface area contributed by atoms with Gasteiger partial charge in [-0.25, -0.2) is 15.0 Å². The van der Waals surface area contributed by atoms with Crippen LogP contribution in [0.1, 0.15) is 5.56 Å². The molecule has 0 spiro atoms. The second-order valence-corrected chi connectivity index (χ2v) is 5.52. The van der Waals surface area contributed by atoms with Crippen molar-refractivity contribution >= 4 is 23.4 Å². The van der Waals surface area contributed by atoms with Crippen molar-refractivity contribution in [1.29, 1.82) is 0 Å². The summed E-state index contributed by atoms with van der Waals surface area (Å²) < 4.78 is 45.1. The van der Waals surface area contributed by atoms with Gasteiger partial charge in [0.25, 0.3) is 0 Å². The van der Waals surface area contributed by atoms with E-state index in [2.05, 4.69) is 15.0 Å². The molecule has 0 amide bonds. The van der Waals surface area contributed by atoms with Gasteiger partial charge in [-0.2, -0.15) is 13.2 Å². The maximum Gasteiger partial charge on any atom is 0.417 e. The number of morpholine rings is 1. The van der Waals surface area contributed by atoms with Gasteiger partial charge < -0.3 is 15.4 Å². The molecule has 2 N–H and O–H groups in total. The Kier molecular flexibility index (Phi) is 4.46. The molecule has 0 aromatic carbocycles. The molecule has 0 bridgehead atoms. The molecule has 3 rings (SSSR count). The number of halogens is 4. The van der Waals surface area contributed by atoms with Crippen molar-refractivity contribution in [1.82, 2.24) is 15.0 Å². The van der Waals surface area contributed by atoms with E-state index < -0.39 is 11.7 Å². The maximum atomic E-state index is 13.3. The van der Waals surface area contributed by atoms with Gasteiger partial charge >= 0.3 is 6.18 Å². The van der Waals surface area contributed by atoms with E-state index in [0.29, 0.717) is 26.3 Å². The minimum Gasteiger partial charge on any atom is -0.384 e. The van der Waals surface area contributed by atoms with Gasteiger partial charge in [-0.05, 0) is 6.07 Å². The molecular formula is C14H13ClF3N5O. The maximum absolute atomic E-state index is 13.3. The topological polar surface area (TPSA) is 77.2 Å². The fourth-order valence-electron chi connectivity index (χ4n) is 2.36. The van der Waals surface area contributed by atoms with Gasteiger partial charge in [0.1, 0.15) is 11.0 Å². The Morgan fingerprint density at radius 1 is 1.17 bits per heavy atom. The summed E-state index contributed by atoms with van der Waals surface area (Å²) in [5.74, 6) is 0.0328. The highest BCUT2D eigenvalue weighted by molar-refractivity contribution is 6.29. The van der Waals surface area contributed by atoms with Crippen LogP contribution in [0.4, 0.5) is 24.9 Å². The summed E-state index contributed by atoms with van der Waals surface area (Å²) in [6.45, 7) is 2.04. The first-order valence-electron chi connectivity index (χ1n) is 7.05. The van der Waals surface area contributed by atoms with Crippen LogP contribution < -0.4 is 10.6 Å². The Hall–Kier alpha value is -2.13. The third kappa shape index (κ3) is 3.51. The molecule has 0 unspecified atom stereocenters. The Morgan fingerprint density at radius 2 is 1.88 bits per heavy atom. The van der Waals surface area contributed by atoms with E-state index in [1.54, 1.807) is 4.90 Å². The largest absolute Gasteiger partial charge is 0.417 e. The summed E-state index contributed by atoms with van der Waals surface area (Å²) >= 11 is 5.98. The first-order chi connectivity index (χ1) is 11.3. The van der Waals surface area contributed by atoms with Gasteiger partial charge in [-0.1, -0.05) is 11.6 Å². The van der Waals surface area contributed by atoms with E-state index in [1.807, 2.05) is 0 Å². The van der Waals surface area contributed by atoms with Crippen molar-refractivity contribution < 1.29 is 17.9 Å². The number of nitrogens with zero attached hydrogens (tertiary/aromatic N) is 4. The summed E-state index contributed by atoms with van der Waals surface area (Å²) in [6, 6.07) is 2.05. The van der Waals surface area contributed by atoms with E-state index in [1.165, 1.54) is 6.07 Å². The average Bonchev–Trinajstić information content (AvgIpc) is 2.54. The van der Waals surface area contributed by atoms with E-state index in [9.17, 15) is 13.2 Å². The number of rotatable bonds is 2. The summed E-state index contributed by atoms with van der Waals surface area (Å²) in [4.78, 5) is 13.9. The van der Waals surface area contributed by atoms with Crippen LogP contribution in [0.15, 0.2) is 18.3 Å². The third-order valence-corrected chi connectivity index (χ3v) is 3.68. The van der Waals surface area contributed by atoms with Crippen molar-refractivity contribution in [2.75, 3.05) is 36.9 Å². The Morgan fingerprint density at radius 3 is 2.54 bits per heavy atom. The molecule has 1 aliphatic rings. The standard InChI is InChI=1S/C14H13ClF3N5O/c15-11-6-10(21-13(22-11)23-1-3-24-4-2-23)8-7-20-12(19)5-9(8)14(16,17)18/h5-7H,1-4H2,(H2,19,20). The van der Waals surface area contributed by atoms with Crippen LogP contribution in [0.3, 0.4) is 0 Å². The molecule has 2 aromatic heterocycles. The number of hydrogen-bond acceptors (Lipinski definition) is 6. The zero-order valence-electron chi connectivity index (χ0n) is 12.3. The minimum absolute atomic E-state index is 0.0383. The Balaban J connectivity index is 2.08. The summed E-state index contributed by atoms with van der Waals surface area (Å²) in [5.41, 5.74) is 4.31. The molecule has 6 nitrogen and oxygen atoms in total. The number of alkyl halides is 3. The quantitative estimate of drug-likeness (QED) is 0.831. The number of aromatic nitrogens is 3.